The van der Waals surface area contributed by atoms with Crippen LogP contribution in [-0.4, -0.2) is 47.5 Å². The van der Waals surface area contributed by atoms with E-state index in [4.69, 9.17) is 17.0 Å². The quantitative estimate of drug-likeness (QED) is 0.471. The predicted molar refractivity (Wildman–Crippen MR) is 126 cm³/mol. The third-order valence-corrected chi connectivity index (χ3v) is 5.29. The molecule has 32 heavy (non-hydrogen) atoms. The molecule has 1 aliphatic rings. The Morgan fingerprint density at radius 2 is 1.62 bits per heavy atom. The van der Waals surface area contributed by atoms with E-state index >= 15 is 0 Å². The molecule has 3 rings (SSSR count). The van der Waals surface area contributed by atoms with E-state index in [9.17, 15) is 14.4 Å². The topological polar surface area (TPSA) is 87.7 Å². The Balaban J connectivity index is 1.34. The summed E-state index contributed by atoms with van der Waals surface area (Å²) in [6.45, 7) is 1.88. The molecule has 2 N–H and O–H groups in total. The number of ether oxygens (including phenoxy) is 1. The number of hydrogen-bond donors (Lipinski definition) is 2. The zero-order valence-corrected chi connectivity index (χ0v) is 18.7. The molecule has 168 valence electrons. The fourth-order valence-electron chi connectivity index (χ4n) is 3.37. The minimum Gasteiger partial charge on any atom is -0.465 e. The minimum absolute atomic E-state index is 0.0173. The van der Waals surface area contributed by atoms with Crippen LogP contribution < -0.4 is 10.6 Å². The Labute approximate surface area is 193 Å². The maximum atomic E-state index is 12.4. The summed E-state index contributed by atoms with van der Waals surface area (Å²) in [4.78, 5) is 38.1. The highest BCUT2D eigenvalue weighted by Gasteiger charge is 2.19. The number of rotatable bonds is 8. The van der Waals surface area contributed by atoms with E-state index in [1.54, 1.807) is 24.3 Å². The Morgan fingerprint density at radius 3 is 2.31 bits per heavy atom. The molecular formula is C24H27N3O4S. The Morgan fingerprint density at radius 1 is 0.938 bits per heavy atom. The second-order valence-electron chi connectivity index (χ2n) is 7.54. The summed E-state index contributed by atoms with van der Waals surface area (Å²) in [5, 5.41) is 5.58. The lowest BCUT2D eigenvalue weighted by atomic mass is 10.2. The number of esters is 1. The molecule has 1 heterocycles. The molecule has 1 saturated heterocycles. The van der Waals surface area contributed by atoms with Gasteiger partial charge >= 0.3 is 5.97 Å². The number of likely N-dealkylation sites (tertiary alicyclic amines) is 1. The van der Waals surface area contributed by atoms with Crippen LogP contribution in [0.25, 0.3) is 0 Å². The number of thiocarbonyl (C=S) groups is 1. The van der Waals surface area contributed by atoms with Crippen molar-refractivity contribution >= 4 is 40.8 Å². The molecule has 2 amide bonds. The summed E-state index contributed by atoms with van der Waals surface area (Å²) in [5.41, 5.74) is 2.37. The maximum Gasteiger partial charge on any atom is 0.306 e. The molecule has 0 atom stereocenters. The van der Waals surface area contributed by atoms with Gasteiger partial charge in [-0.05, 0) is 54.9 Å². The highest BCUT2D eigenvalue weighted by atomic mass is 32.1. The Kier molecular flexibility index (Phi) is 8.74. The van der Waals surface area contributed by atoms with Crippen LogP contribution in [0.4, 0.5) is 5.69 Å². The summed E-state index contributed by atoms with van der Waals surface area (Å²) in [6, 6.07) is 16.7. The SMILES string of the molecule is O=C(CCC(=O)OCCc1ccccc1)NC(=S)Nc1ccc(C(=O)N2CCCC2)cc1. The van der Waals surface area contributed by atoms with Gasteiger partial charge in [0.15, 0.2) is 5.11 Å². The standard InChI is InChI=1S/C24H27N3O4S/c28-21(12-13-22(29)31-17-14-18-6-2-1-3-7-18)26-24(32)25-20-10-8-19(9-11-20)23(30)27-15-4-5-16-27/h1-3,6-11H,4-5,12-17H2,(H2,25,26,28,32). The average Bonchev–Trinajstić information content (AvgIpc) is 3.33. The van der Waals surface area contributed by atoms with E-state index in [0.29, 0.717) is 17.7 Å². The lowest BCUT2D eigenvalue weighted by Gasteiger charge is -2.15. The van der Waals surface area contributed by atoms with Crippen LogP contribution in [0.2, 0.25) is 0 Å². The molecule has 0 saturated carbocycles. The van der Waals surface area contributed by atoms with Crippen LogP contribution in [0, 0.1) is 0 Å². The van der Waals surface area contributed by atoms with E-state index in [1.807, 2.05) is 35.2 Å². The first-order chi connectivity index (χ1) is 15.5. The molecule has 0 unspecified atom stereocenters. The molecule has 0 bridgehead atoms. The molecule has 0 aromatic heterocycles. The van der Waals surface area contributed by atoms with Gasteiger partial charge in [-0.1, -0.05) is 30.3 Å². The molecule has 2 aromatic carbocycles. The van der Waals surface area contributed by atoms with Gasteiger partial charge in [0, 0.05) is 37.2 Å². The summed E-state index contributed by atoms with van der Waals surface area (Å²) < 4.78 is 5.17. The van der Waals surface area contributed by atoms with E-state index < -0.39 is 5.97 Å². The highest BCUT2D eigenvalue weighted by Crippen LogP contribution is 2.15. The van der Waals surface area contributed by atoms with E-state index in [-0.39, 0.29) is 36.4 Å². The van der Waals surface area contributed by atoms with Gasteiger partial charge in [0.25, 0.3) is 5.91 Å². The van der Waals surface area contributed by atoms with Gasteiger partial charge < -0.3 is 20.3 Å². The highest BCUT2D eigenvalue weighted by molar-refractivity contribution is 7.80. The van der Waals surface area contributed by atoms with Gasteiger partial charge in [-0.2, -0.15) is 0 Å². The number of carbonyl (C=O) groups excluding carboxylic acids is 3. The third-order valence-electron chi connectivity index (χ3n) is 5.09. The summed E-state index contributed by atoms with van der Waals surface area (Å²) in [6.07, 6.45) is 2.69. The van der Waals surface area contributed by atoms with Gasteiger partial charge in [0.05, 0.1) is 13.0 Å². The zero-order chi connectivity index (χ0) is 22.8. The van der Waals surface area contributed by atoms with Crippen LogP contribution in [-0.2, 0) is 20.7 Å². The summed E-state index contributed by atoms with van der Waals surface area (Å²) in [5.74, 6) is -0.767. The maximum absolute atomic E-state index is 12.4. The summed E-state index contributed by atoms with van der Waals surface area (Å²) >= 11 is 5.15. The van der Waals surface area contributed by atoms with Gasteiger partial charge in [-0.3, -0.25) is 14.4 Å². The largest absolute Gasteiger partial charge is 0.465 e. The van der Waals surface area contributed by atoms with Crippen molar-refractivity contribution in [2.24, 2.45) is 0 Å². The van der Waals surface area contributed by atoms with Crippen molar-refractivity contribution in [2.45, 2.75) is 32.1 Å². The van der Waals surface area contributed by atoms with Gasteiger partial charge in [-0.25, -0.2) is 0 Å². The fraction of sp³-hybridized carbons (Fsp3) is 0.333. The van der Waals surface area contributed by atoms with Crippen LogP contribution in [0.1, 0.15) is 41.6 Å². The van der Waals surface area contributed by atoms with Gasteiger partial charge in [0.1, 0.15) is 0 Å². The van der Waals surface area contributed by atoms with E-state index in [1.165, 1.54) is 0 Å². The molecule has 0 radical (unpaired) electrons. The Hall–Kier alpha value is -3.26. The second kappa shape index (κ2) is 12.0. The number of carbonyl (C=O) groups is 3. The number of benzene rings is 2. The minimum atomic E-state index is -0.423. The number of hydrogen-bond acceptors (Lipinski definition) is 5. The van der Waals surface area contributed by atoms with Gasteiger partial charge in [-0.15, -0.1) is 0 Å². The lowest BCUT2D eigenvalue weighted by Crippen LogP contribution is -2.34. The fourth-order valence-corrected chi connectivity index (χ4v) is 3.60. The first-order valence-electron chi connectivity index (χ1n) is 10.7. The van der Waals surface area contributed by atoms with E-state index in [0.717, 1.165) is 31.5 Å². The predicted octanol–water partition coefficient (Wildman–Crippen LogP) is 3.30. The molecule has 2 aromatic rings. The molecule has 0 spiro atoms. The molecule has 7 nitrogen and oxygen atoms in total. The van der Waals surface area contributed by atoms with Crippen LogP contribution in [0.5, 0.6) is 0 Å². The van der Waals surface area contributed by atoms with Crippen molar-refractivity contribution in [3.63, 3.8) is 0 Å². The van der Waals surface area contributed by atoms with Crippen molar-refractivity contribution in [3.8, 4) is 0 Å². The first-order valence-corrected chi connectivity index (χ1v) is 11.1. The normalized spacial score (nSPS) is 12.8. The van der Waals surface area contributed by atoms with Crippen LogP contribution in [0.15, 0.2) is 54.6 Å². The van der Waals surface area contributed by atoms with Crippen molar-refractivity contribution in [1.29, 1.82) is 0 Å². The monoisotopic (exact) mass is 453 g/mol. The number of anilines is 1. The molecule has 8 heteroatoms. The first kappa shape index (κ1) is 23.4. The van der Waals surface area contributed by atoms with Crippen molar-refractivity contribution in [3.05, 3.63) is 65.7 Å². The van der Waals surface area contributed by atoms with Crippen molar-refractivity contribution in [1.82, 2.24) is 10.2 Å². The second-order valence-corrected chi connectivity index (χ2v) is 7.94. The third kappa shape index (κ3) is 7.46. The number of amides is 2. The van der Waals surface area contributed by atoms with Crippen molar-refractivity contribution in [2.75, 3.05) is 25.0 Å². The lowest BCUT2D eigenvalue weighted by molar-refractivity contribution is -0.144. The molecule has 1 aliphatic heterocycles. The zero-order valence-electron chi connectivity index (χ0n) is 17.8. The van der Waals surface area contributed by atoms with Gasteiger partial charge in [0.2, 0.25) is 5.91 Å². The van der Waals surface area contributed by atoms with Crippen LogP contribution in [0.3, 0.4) is 0 Å². The van der Waals surface area contributed by atoms with E-state index in [2.05, 4.69) is 10.6 Å². The number of nitrogens with zero attached hydrogens (tertiary/aromatic N) is 1. The van der Waals surface area contributed by atoms with Crippen molar-refractivity contribution < 1.29 is 19.1 Å². The molecule has 0 aliphatic carbocycles. The average molecular weight is 454 g/mol. The van der Waals surface area contributed by atoms with Crippen LogP contribution >= 0.6 is 12.2 Å². The number of nitrogens with one attached hydrogen (secondary N) is 2. The summed E-state index contributed by atoms with van der Waals surface area (Å²) in [7, 11) is 0. The Bertz CT molecular complexity index is 941. The smallest absolute Gasteiger partial charge is 0.306 e. The molecule has 1 fully saturated rings. The molecular weight excluding hydrogens is 426 g/mol.